The van der Waals surface area contributed by atoms with E-state index in [1.807, 2.05) is 26.8 Å². The van der Waals surface area contributed by atoms with Crippen LogP contribution in [0.3, 0.4) is 0 Å². The van der Waals surface area contributed by atoms with Crippen LogP contribution >= 0.6 is 0 Å². The molecule has 0 unspecified atom stereocenters. The summed E-state index contributed by atoms with van der Waals surface area (Å²) in [6.07, 6.45) is 5.01. The number of H-pyrrole nitrogens is 1. The van der Waals surface area contributed by atoms with Gasteiger partial charge in [0.25, 0.3) is 0 Å². The van der Waals surface area contributed by atoms with Crippen LogP contribution in [0.1, 0.15) is 32.5 Å². The molecule has 0 radical (unpaired) electrons. The van der Waals surface area contributed by atoms with E-state index >= 15 is 0 Å². The van der Waals surface area contributed by atoms with Gasteiger partial charge in [-0.1, -0.05) is 13.8 Å². The molecule has 0 atom stereocenters. The molecule has 31 heavy (non-hydrogen) atoms. The fourth-order valence-electron chi connectivity index (χ4n) is 3.21. The number of aromatic nitrogens is 5. The summed E-state index contributed by atoms with van der Waals surface area (Å²) in [5.74, 6) is 0.747. The van der Waals surface area contributed by atoms with Gasteiger partial charge in [-0.05, 0) is 36.8 Å². The van der Waals surface area contributed by atoms with Gasteiger partial charge >= 0.3 is 6.03 Å². The highest BCUT2D eigenvalue weighted by Gasteiger charge is 2.17. The lowest BCUT2D eigenvalue weighted by Crippen LogP contribution is -2.28. The number of aromatic amines is 1. The van der Waals surface area contributed by atoms with Crippen LogP contribution in [0.4, 0.5) is 15.1 Å². The van der Waals surface area contributed by atoms with Crippen molar-refractivity contribution in [3.63, 3.8) is 0 Å². The van der Waals surface area contributed by atoms with Crippen molar-refractivity contribution in [1.82, 2.24) is 30.2 Å². The Kier molecular flexibility index (Phi) is 5.57. The summed E-state index contributed by atoms with van der Waals surface area (Å²) in [7, 11) is 0. The summed E-state index contributed by atoms with van der Waals surface area (Å²) in [5, 5.41) is 5.30. The van der Waals surface area contributed by atoms with Crippen LogP contribution in [0.5, 0.6) is 0 Å². The van der Waals surface area contributed by atoms with Crippen molar-refractivity contribution in [2.45, 2.75) is 26.7 Å². The third-order valence-corrected chi connectivity index (χ3v) is 4.69. The van der Waals surface area contributed by atoms with Crippen LogP contribution in [-0.4, -0.2) is 37.5 Å². The zero-order valence-electron chi connectivity index (χ0n) is 17.4. The minimum atomic E-state index is -0.464. The summed E-state index contributed by atoms with van der Waals surface area (Å²) in [6.45, 7) is 6.35. The zero-order valence-corrected chi connectivity index (χ0v) is 17.4. The molecule has 0 fully saturated rings. The van der Waals surface area contributed by atoms with Crippen LogP contribution in [0, 0.1) is 5.82 Å². The number of benzene rings is 1. The molecule has 0 saturated heterocycles. The standard InChI is InChI=1S/C22H22FN7O/c1-4-24-22(31)30-21-28-17-9-13(14-10-26-20(12(2)3)27-11-14)8-15(19(17)29-21)18-16(23)6-5-7-25-18/h5-12H,4H2,1-3H3,(H3,24,28,29,30,31). The van der Waals surface area contributed by atoms with Crippen molar-refractivity contribution >= 4 is 23.0 Å². The first-order chi connectivity index (χ1) is 15.0. The van der Waals surface area contributed by atoms with Gasteiger partial charge in [-0.3, -0.25) is 10.3 Å². The molecule has 0 aliphatic carbocycles. The minimum absolute atomic E-state index is 0.171. The van der Waals surface area contributed by atoms with Crippen LogP contribution in [0.2, 0.25) is 0 Å². The maximum Gasteiger partial charge on any atom is 0.321 e. The molecule has 1 aromatic carbocycles. The Labute approximate surface area is 178 Å². The van der Waals surface area contributed by atoms with Gasteiger partial charge in [0.2, 0.25) is 5.95 Å². The Hall–Kier alpha value is -3.88. The summed E-state index contributed by atoms with van der Waals surface area (Å²) in [4.78, 5) is 32.5. The van der Waals surface area contributed by atoms with E-state index in [4.69, 9.17) is 0 Å². The van der Waals surface area contributed by atoms with Crippen LogP contribution < -0.4 is 10.6 Å². The van der Waals surface area contributed by atoms with Crippen molar-refractivity contribution in [1.29, 1.82) is 0 Å². The molecule has 158 valence electrons. The normalized spacial score (nSPS) is 11.1. The first kappa shape index (κ1) is 20.4. The Bertz CT molecular complexity index is 1230. The fourth-order valence-corrected chi connectivity index (χ4v) is 3.21. The molecule has 4 aromatic rings. The molecule has 3 aromatic heterocycles. The van der Waals surface area contributed by atoms with E-state index in [1.54, 1.807) is 18.5 Å². The minimum Gasteiger partial charge on any atom is -0.338 e. The van der Waals surface area contributed by atoms with Crippen LogP contribution in [-0.2, 0) is 0 Å². The first-order valence-corrected chi connectivity index (χ1v) is 9.98. The molecule has 0 aliphatic heterocycles. The van der Waals surface area contributed by atoms with Gasteiger partial charge in [0.15, 0.2) is 0 Å². The molecule has 8 nitrogen and oxygen atoms in total. The second-order valence-corrected chi connectivity index (χ2v) is 7.31. The smallest absolute Gasteiger partial charge is 0.321 e. The number of nitrogens with one attached hydrogen (secondary N) is 3. The number of rotatable bonds is 5. The molecule has 0 saturated carbocycles. The molecule has 3 N–H and O–H groups in total. The zero-order chi connectivity index (χ0) is 22.0. The molecule has 9 heteroatoms. The van der Waals surface area contributed by atoms with Gasteiger partial charge in [-0.2, -0.15) is 0 Å². The Morgan fingerprint density at radius 2 is 1.94 bits per heavy atom. The van der Waals surface area contributed by atoms with Gasteiger partial charge < -0.3 is 10.3 Å². The number of pyridine rings is 1. The number of amides is 2. The second kappa shape index (κ2) is 8.47. The first-order valence-electron chi connectivity index (χ1n) is 9.98. The van der Waals surface area contributed by atoms with Crippen molar-refractivity contribution in [3.8, 4) is 22.4 Å². The predicted molar refractivity (Wildman–Crippen MR) is 117 cm³/mol. The van der Waals surface area contributed by atoms with E-state index in [-0.39, 0.29) is 23.6 Å². The number of carbonyl (C=O) groups excluding carboxylic acids is 1. The molecular formula is C22H22FN7O. The monoisotopic (exact) mass is 419 g/mol. The predicted octanol–water partition coefficient (Wildman–Crippen LogP) is 4.49. The van der Waals surface area contributed by atoms with Gasteiger partial charge in [0, 0.05) is 42.2 Å². The van der Waals surface area contributed by atoms with Crippen molar-refractivity contribution in [2.75, 3.05) is 11.9 Å². The van der Waals surface area contributed by atoms with Crippen LogP contribution in [0.25, 0.3) is 33.4 Å². The average molecular weight is 419 g/mol. The molecule has 3 heterocycles. The number of nitrogens with zero attached hydrogens (tertiary/aromatic N) is 4. The fraction of sp³-hybridized carbons (Fsp3) is 0.227. The Morgan fingerprint density at radius 1 is 1.16 bits per heavy atom. The van der Waals surface area contributed by atoms with Gasteiger partial charge in [-0.25, -0.2) is 24.1 Å². The maximum absolute atomic E-state index is 14.6. The van der Waals surface area contributed by atoms with E-state index in [0.717, 1.165) is 17.0 Å². The van der Waals surface area contributed by atoms with E-state index in [9.17, 15) is 9.18 Å². The topological polar surface area (TPSA) is 108 Å². The maximum atomic E-state index is 14.6. The van der Waals surface area contributed by atoms with Crippen LogP contribution in [0.15, 0.2) is 42.9 Å². The average Bonchev–Trinajstić information content (AvgIpc) is 3.16. The number of fused-ring (bicyclic) bond motifs is 1. The molecular weight excluding hydrogens is 397 g/mol. The third kappa shape index (κ3) is 4.20. The van der Waals surface area contributed by atoms with Gasteiger partial charge in [-0.15, -0.1) is 0 Å². The van der Waals surface area contributed by atoms with E-state index in [1.165, 1.54) is 18.3 Å². The van der Waals surface area contributed by atoms with Gasteiger partial charge in [0.1, 0.15) is 22.9 Å². The number of halogens is 1. The molecule has 4 rings (SSSR count). The van der Waals surface area contributed by atoms with Crippen molar-refractivity contribution in [3.05, 3.63) is 54.5 Å². The summed E-state index contributed by atoms with van der Waals surface area (Å²) in [5.41, 5.74) is 3.34. The lowest BCUT2D eigenvalue weighted by Gasteiger charge is -2.09. The number of anilines is 1. The highest BCUT2D eigenvalue weighted by Crippen LogP contribution is 2.33. The number of hydrogen-bond acceptors (Lipinski definition) is 5. The Morgan fingerprint density at radius 3 is 2.61 bits per heavy atom. The molecule has 0 aliphatic rings. The lowest BCUT2D eigenvalue weighted by atomic mass is 10.0. The van der Waals surface area contributed by atoms with Gasteiger partial charge in [0.05, 0.1) is 5.52 Å². The number of carbonyl (C=O) groups is 1. The number of urea groups is 1. The van der Waals surface area contributed by atoms with E-state index in [2.05, 4.69) is 35.6 Å². The van der Waals surface area contributed by atoms with Crippen molar-refractivity contribution in [2.24, 2.45) is 0 Å². The quantitative estimate of drug-likeness (QED) is 0.442. The van der Waals surface area contributed by atoms with E-state index < -0.39 is 5.82 Å². The SMILES string of the molecule is CCNC(=O)Nc1nc2c(-c3ncccc3F)cc(-c3cnc(C(C)C)nc3)cc2[nH]1. The van der Waals surface area contributed by atoms with Crippen molar-refractivity contribution < 1.29 is 9.18 Å². The molecule has 2 amide bonds. The number of imidazole rings is 1. The Balaban J connectivity index is 1.86. The molecule has 0 spiro atoms. The largest absolute Gasteiger partial charge is 0.338 e. The van der Waals surface area contributed by atoms with E-state index in [0.29, 0.717) is 23.1 Å². The summed E-state index contributed by atoms with van der Waals surface area (Å²) < 4.78 is 14.6. The summed E-state index contributed by atoms with van der Waals surface area (Å²) >= 11 is 0. The summed E-state index contributed by atoms with van der Waals surface area (Å²) in [6, 6.07) is 6.17. The number of hydrogen-bond donors (Lipinski definition) is 3. The highest BCUT2D eigenvalue weighted by atomic mass is 19.1. The second-order valence-electron chi connectivity index (χ2n) is 7.31. The highest BCUT2D eigenvalue weighted by molar-refractivity contribution is 5.98. The lowest BCUT2D eigenvalue weighted by molar-refractivity contribution is 0.252. The third-order valence-electron chi connectivity index (χ3n) is 4.69. The molecule has 0 bridgehead atoms.